The highest BCUT2D eigenvalue weighted by Crippen LogP contribution is 2.19. The summed E-state index contributed by atoms with van der Waals surface area (Å²) in [5.41, 5.74) is 2.19. The molecule has 0 bridgehead atoms. The number of rotatable bonds is 5. The maximum Gasteiger partial charge on any atom is 0.234 e. The monoisotopic (exact) mass is 278 g/mol. The van der Waals surface area contributed by atoms with Gasteiger partial charge in [-0.2, -0.15) is 0 Å². The molecule has 1 saturated heterocycles. The van der Waals surface area contributed by atoms with Crippen molar-refractivity contribution in [2.45, 2.75) is 20.0 Å². The van der Waals surface area contributed by atoms with E-state index >= 15 is 0 Å². The summed E-state index contributed by atoms with van der Waals surface area (Å²) in [4.78, 5) is 13.2. The number of carbonyl (C=O) groups excluding carboxylic acids is 1. The van der Waals surface area contributed by atoms with Gasteiger partial charge in [-0.05, 0) is 31.0 Å². The van der Waals surface area contributed by atoms with E-state index in [1.165, 1.54) is 0 Å². The summed E-state index contributed by atoms with van der Waals surface area (Å²) in [5.74, 6) is 0.819. The molecule has 1 unspecified atom stereocenters. The van der Waals surface area contributed by atoms with Gasteiger partial charge in [0.25, 0.3) is 0 Å². The quantitative estimate of drug-likeness (QED) is 0.822. The molecule has 1 atom stereocenters. The Morgan fingerprint density at radius 2 is 2.25 bits per heavy atom. The Balaban J connectivity index is 1.81. The third kappa shape index (κ3) is 4.21. The van der Waals surface area contributed by atoms with Gasteiger partial charge in [-0.25, -0.2) is 0 Å². The van der Waals surface area contributed by atoms with Crippen molar-refractivity contribution >= 4 is 5.91 Å². The Labute approximate surface area is 119 Å². The number of nitrogens with zero attached hydrogens (tertiary/aromatic N) is 1. The number of aliphatic hydroxyl groups is 1. The standard InChI is InChI=1S/C15H22N2O3/c1-11-3-4-12(2)14(7-11)20-10-13(18)8-17-6-5-16-15(19)9-17/h3-4,7,13,18H,5-6,8-10H2,1-2H3,(H,16,19). The largest absolute Gasteiger partial charge is 0.491 e. The Hall–Kier alpha value is -1.59. The van der Waals surface area contributed by atoms with Crippen LogP contribution < -0.4 is 10.1 Å². The van der Waals surface area contributed by atoms with Crippen molar-refractivity contribution in [3.63, 3.8) is 0 Å². The molecule has 1 fully saturated rings. The number of benzene rings is 1. The maximum atomic E-state index is 11.3. The second kappa shape index (κ2) is 6.72. The number of hydrogen-bond acceptors (Lipinski definition) is 4. The highest BCUT2D eigenvalue weighted by molar-refractivity contribution is 5.78. The molecule has 0 saturated carbocycles. The number of nitrogens with one attached hydrogen (secondary N) is 1. The molecule has 1 heterocycles. The van der Waals surface area contributed by atoms with Gasteiger partial charge >= 0.3 is 0 Å². The van der Waals surface area contributed by atoms with Gasteiger partial charge < -0.3 is 15.2 Å². The van der Waals surface area contributed by atoms with Gasteiger partial charge in [0, 0.05) is 19.6 Å². The third-order valence-electron chi connectivity index (χ3n) is 3.36. The van der Waals surface area contributed by atoms with Crippen molar-refractivity contribution < 1.29 is 14.6 Å². The molecule has 0 spiro atoms. The summed E-state index contributed by atoms with van der Waals surface area (Å²) in [6.45, 7) is 6.45. The molecule has 2 rings (SSSR count). The van der Waals surface area contributed by atoms with Crippen LogP contribution in [0.2, 0.25) is 0 Å². The smallest absolute Gasteiger partial charge is 0.234 e. The molecule has 0 aliphatic carbocycles. The topological polar surface area (TPSA) is 61.8 Å². The van der Waals surface area contributed by atoms with Gasteiger partial charge in [-0.15, -0.1) is 0 Å². The van der Waals surface area contributed by atoms with Gasteiger partial charge in [0.05, 0.1) is 6.54 Å². The zero-order chi connectivity index (χ0) is 14.5. The van der Waals surface area contributed by atoms with E-state index in [2.05, 4.69) is 5.32 Å². The molecule has 2 N–H and O–H groups in total. The van der Waals surface area contributed by atoms with Crippen LogP contribution in [0.15, 0.2) is 18.2 Å². The van der Waals surface area contributed by atoms with Crippen LogP contribution in [0.4, 0.5) is 0 Å². The van der Waals surface area contributed by atoms with Crippen LogP contribution in [-0.2, 0) is 4.79 Å². The number of hydrogen-bond donors (Lipinski definition) is 2. The number of ether oxygens (including phenoxy) is 1. The molecule has 0 aromatic heterocycles. The fourth-order valence-corrected chi connectivity index (χ4v) is 2.25. The highest BCUT2D eigenvalue weighted by Gasteiger charge is 2.19. The Morgan fingerprint density at radius 1 is 1.45 bits per heavy atom. The number of β-amino-alcohol motifs (C(OH)–C–C–N with tert-alkyl or cyclic N) is 1. The van der Waals surface area contributed by atoms with Gasteiger partial charge in [-0.1, -0.05) is 12.1 Å². The van der Waals surface area contributed by atoms with E-state index in [0.29, 0.717) is 19.6 Å². The zero-order valence-electron chi connectivity index (χ0n) is 12.1. The van der Waals surface area contributed by atoms with E-state index in [0.717, 1.165) is 23.4 Å². The second-order valence-electron chi connectivity index (χ2n) is 5.32. The minimum absolute atomic E-state index is 0.0129. The Kier molecular flexibility index (Phi) is 4.98. The van der Waals surface area contributed by atoms with E-state index in [9.17, 15) is 9.90 Å². The lowest BCUT2D eigenvalue weighted by molar-refractivity contribution is -0.124. The van der Waals surface area contributed by atoms with E-state index in [1.807, 2.05) is 36.9 Å². The lowest BCUT2D eigenvalue weighted by atomic mass is 10.1. The number of aryl methyl sites for hydroxylation is 2. The summed E-state index contributed by atoms with van der Waals surface area (Å²) >= 11 is 0. The predicted molar refractivity (Wildman–Crippen MR) is 76.9 cm³/mol. The SMILES string of the molecule is Cc1ccc(C)c(OCC(O)CN2CCNC(=O)C2)c1. The molecule has 1 aliphatic heterocycles. The molecule has 1 aromatic rings. The summed E-state index contributed by atoms with van der Waals surface area (Å²) < 4.78 is 5.67. The van der Waals surface area contributed by atoms with Crippen molar-refractivity contribution in [1.29, 1.82) is 0 Å². The molecule has 1 amide bonds. The first-order valence-corrected chi connectivity index (χ1v) is 6.92. The van der Waals surface area contributed by atoms with Gasteiger partial charge in [0.15, 0.2) is 0 Å². The second-order valence-corrected chi connectivity index (χ2v) is 5.32. The lowest BCUT2D eigenvalue weighted by Gasteiger charge is -2.28. The predicted octanol–water partition coefficient (Wildman–Crippen LogP) is 0.475. The van der Waals surface area contributed by atoms with Crippen molar-refractivity contribution in [1.82, 2.24) is 10.2 Å². The first-order chi connectivity index (χ1) is 9.54. The molecule has 5 heteroatoms. The van der Waals surface area contributed by atoms with Crippen molar-refractivity contribution in [3.05, 3.63) is 29.3 Å². The van der Waals surface area contributed by atoms with E-state index in [1.54, 1.807) is 0 Å². The van der Waals surface area contributed by atoms with Crippen LogP contribution in [-0.4, -0.2) is 54.8 Å². The van der Waals surface area contributed by atoms with Crippen LogP contribution in [0.5, 0.6) is 5.75 Å². The molecular weight excluding hydrogens is 256 g/mol. The van der Waals surface area contributed by atoms with Gasteiger partial charge in [-0.3, -0.25) is 9.69 Å². The molecule has 0 radical (unpaired) electrons. The molecule has 1 aromatic carbocycles. The number of carbonyl (C=O) groups is 1. The summed E-state index contributed by atoms with van der Waals surface area (Å²) in [5, 5.41) is 12.8. The highest BCUT2D eigenvalue weighted by atomic mass is 16.5. The molecule has 1 aliphatic rings. The fraction of sp³-hybridized carbons (Fsp3) is 0.533. The number of piperazine rings is 1. The number of aliphatic hydroxyl groups excluding tert-OH is 1. The third-order valence-corrected chi connectivity index (χ3v) is 3.36. The first-order valence-electron chi connectivity index (χ1n) is 6.92. The van der Waals surface area contributed by atoms with Crippen molar-refractivity contribution in [2.24, 2.45) is 0 Å². The zero-order valence-corrected chi connectivity index (χ0v) is 12.1. The van der Waals surface area contributed by atoms with Crippen LogP contribution >= 0.6 is 0 Å². The molecule has 110 valence electrons. The maximum absolute atomic E-state index is 11.3. The Bertz CT molecular complexity index is 476. The average Bonchev–Trinajstić information content (AvgIpc) is 2.40. The van der Waals surface area contributed by atoms with Crippen LogP contribution in [0.25, 0.3) is 0 Å². The Morgan fingerprint density at radius 3 is 3.00 bits per heavy atom. The fourth-order valence-electron chi connectivity index (χ4n) is 2.25. The summed E-state index contributed by atoms with van der Waals surface area (Å²) in [6.07, 6.45) is -0.596. The van der Waals surface area contributed by atoms with E-state index < -0.39 is 6.10 Å². The van der Waals surface area contributed by atoms with Crippen LogP contribution in [0.1, 0.15) is 11.1 Å². The summed E-state index contributed by atoms with van der Waals surface area (Å²) in [7, 11) is 0. The van der Waals surface area contributed by atoms with E-state index in [-0.39, 0.29) is 12.5 Å². The lowest BCUT2D eigenvalue weighted by Crippen LogP contribution is -2.50. The van der Waals surface area contributed by atoms with Gasteiger partial charge in [0.1, 0.15) is 18.5 Å². The minimum Gasteiger partial charge on any atom is -0.491 e. The number of amides is 1. The minimum atomic E-state index is -0.596. The molecule has 20 heavy (non-hydrogen) atoms. The summed E-state index contributed by atoms with van der Waals surface area (Å²) in [6, 6.07) is 6.01. The first kappa shape index (κ1) is 14.8. The van der Waals surface area contributed by atoms with Crippen molar-refractivity contribution in [3.8, 4) is 5.75 Å². The molecular formula is C15H22N2O3. The normalized spacial score (nSPS) is 17.6. The van der Waals surface area contributed by atoms with Crippen molar-refractivity contribution in [2.75, 3.05) is 32.8 Å². The average molecular weight is 278 g/mol. The van der Waals surface area contributed by atoms with E-state index in [4.69, 9.17) is 4.74 Å². The van der Waals surface area contributed by atoms with Crippen LogP contribution in [0, 0.1) is 13.8 Å². The van der Waals surface area contributed by atoms with Crippen LogP contribution in [0.3, 0.4) is 0 Å². The van der Waals surface area contributed by atoms with Gasteiger partial charge in [0.2, 0.25) is 5.91 Å². The molecule has 5 nitrogen and oxygen atoms in total.